The Kier molecular flexibility index (Phi) is 7.12. The molecule has 0 bridgehead atoms. The molecule has 9 unspecified atom stereocenters. The van der Waals surface area contributed by atoms with Crippen LogP contribution < -0.4 is 0 Å². The monoisotopic (exact) mass is 642 g/mol. The minimum atomic E-state index is -1.71. The van der Waals surface area contributed by atoms with Crippen molar-refractivity contribution in [2.75, 3.05) is 0 Å². The van der Waals surface area contributed by atoms with E-state index in [-0.39, 0.29) is 47.0 Å². The fourth-order valence-electron chi connectivity index (χ4n) is 14.7. The molecule has 0 radical (unpaired) electrons. The molecule has 258 valence electrons. The fourth-order valence-corrected chi connectivity index (χ4v) is 14.7. The first-order valence-electron chi connectivity index (χ1n) is 18.4. The van der Waals surface area contributed by atoms with Gasteiger partial charge in [0.25, 0.3) is 0 Å². The molecule has 0 aromatic carbocycles. The molecule has 46 heavy (non-hydrogen) atoms. The van der Waals surface area contributed by atoms with Crippen LogP contribution in [0.4, 0.5) is 0 Å². The molecule has 0 heterocycles. The van der Waals surface area contributed by atoms with Crippen LogP contribution in [-0.2, 0) is 0 Å². The predicted octanol–water partition coefficient (Wildman–Crippen LogP) is 2.84. The fraction of sp³-hybridized carbons (Fsp3) is 0.895. The van der Waals surface area contributed by atoms with Gasteiger partial charge in [-0.05, 0) is 122 Å². The Morgan fingerprint density at radius 1 is 0.717 bits per heavy atom. The highest BCUT2D eigenvalue weighted by Crippen LogP contribution is 2.74. The Bertz CT molecular complexity index is 1330. The van der Waals surface area contributed by atoms with Crippen LogP contribution in [0.25, 0.3) is 0 Å². The average Bonchev–Trinajstić information content (AvgIpc) is 3.35. The third-order valence-electron chi connectivity index (χ3n) is 17.2. The van der Waals surface area contributed by atoms with E-state index < -0.39 is 64.4 Å². The number of hydrogen-bond acceptors (Lipinski definition) is 8. The van der Waals surface area contributed by atoms with E-state index in [9.17, 15) is 40.9 Å². The van der Waals surface area contributed by atoms with Crippen molar-refractivity contribution in [2.24, 2.45) is 63.1 Å². The quantitative estimate of drug-likeness (QED) is 0.203. The largest absolute Gasteiger partial charge is 0.393 e. The molecular formula is C38H58O8. The Hall–Kier alpha value is -0.840. The van der Waals surface area contributed by atoms with E-state index in [0.29, 0.717) is 32.1 Å². The second-order valence-electron chi connectivity index (χ2n) is 18.5. The minimum Gasteiger partial charge on any atom is -0.393 e. The van der Waals surface area contributed by atoms with E-state index in [2.05, 4.69) is 33.8 Å². The molecule has 6 fully saturated rings. The SMILES string of the molecule is C[C@]12CCC(O)CC1=CC(O)[C@@H]1[C@H]2CC[C@@]2(C)[C@H]1CC(O)C2(O)C1C(O)C(O)CC2=CC[C@@H]3[C@@H](CC[C@]4(C)C(O)C(O)C[C@@H]34)[C@]21C. The zero-order valence-corrected chi connectivity index (χ0v) is 28.1. The first kappa shape index (κ1) is 32.4. The van der Waals surface area contributed by atoms with Gasteiger partial charge in [0.05, 0.1) is 42.7 Å². The lowest BCUT2D eigenvalue weighted by Gasteiger charge is -2.66. The lowest BCUT2D eigenvalue weighted by atomic mass is 9.40. The summed E-state index contributed by atoms with van der Waals surface area (Å²) in [5, 5.41) is 93.2. The zero-order valence-electron chi connectivity index (χ0n) is 28.1. The Balaban J connectivity index is 1.21. The third-order valence-corrected chi connectivity index (χ3v) is 17.2. The van der Waals surface area contributed by atoms with Gasteiger partial charge < -0.3 is 40.9 Å². The van der Waals surface area contributed by atoms with Crippen molar-refractivity contribution in [2.45, 2.75) is 147 Å². The van der Waals surface area contributed by atoms with Crippen LogP contribution in [0.15, 0.2) is 23.3 Å². The van der Waals surface area contributed by atoms with Gasteiger partial charge in [0.1, 0.15) is 5.60 Å². The van der Waals surface area contributed by atoms with Crippen LogP contribution in [0, 0.1) is 63.1 Å². The molecule has 0 saturated heterocycles. The summed E-state index contributed by atoms with van der Waals surface area (Å²) < 4.78 is 0. The summed E-state index contributed by atoms with van der Waals surface area (Å²) in [5.74, 6) is -0.677. The Morgan fingerprint density at radius 3 is 2.17 bits per heavy atom. The predicted molar refractivity (Wildman–Crippen MR) is 171 cm³/mol. The van der Waals surface area contributed by atoms with Crippen molar-refractivity contribution < 1.29 is 40.9 Å². The molecule has 0 aromatic heterocycles. The van der Waals surface area contributed by atoms with E-state index in [1.165, 1.54) is 0 Å². The second-order valence-corrected chi connectivity index (χ2v) is 18.5. The highest BCUT2D eigenvalue weighted by Gasteiger charge is 2.76. The highest BCUT2D eigenvalue weighted by atomic mass is 16.4. The van der Waals surface area contributed by atoms with Crippen molar-refractivity contribution in [3.05, 3.63) is 23.3 Å². The number of hydrogen-bond donors (Lipinski definition) is 8. The van der Waals surface area contributed by atoms with E-state index >= 15 is 0 Å². The van der Waals surface area contributed by atoms with Gasteiger partial charge in [-0.1, -0.05) is 51.0 Å². The summed E-state index contributed by atoms with van der Waals surface area (Å²) in [5.41, 5.74) is -1.54. The molecule has 8 aliphatic carbocycles. The minimum absolute atomic E-state index is 0.0591. The zero-order chi connectivity index (χ0) is 32.9. The van der Waals surface area contributed by atoms with E-state index in [1.54, 1.807) is 0 Å². The van der Waals surface area contributed by atoms with Crippen molar-refractivity contribution in [3.8, 4) is 0 Å². The van der Waals surface area contributed by atoms with Gasteiger partial charge in [0.2, 0.25) is 0 Å². The van der Waals surface area contributed by atoms with E-state index in [0.717, 1.165) is 49.7 Å². The van der Waals surface area contributed by atoms with Gasteiger partial charge in [-0.3, -0.25) is 0 Å². The van der Waals surface area contributed by atoms with E-state index in [1.807, 2.05) is 6.08 Å². The van der Waals surface area contributed by atoms with Crippen LogP contribution in [0.2, 0.25) is 0 Å². The van der Waals surface area contributed by atoms with Crippen molar-refractivity contribution in [3.63, 3.8) is 0 Å². The number of rotatable bonds is 1. The first-order valence-corrected chi connectivity index (χ1v) is 18.4. The van der Waals surface area contributed by atoms with Crippen LogP contribution >= 0.6 is 0 Å². The van der Waals surface area contributed by atoms with E-state index in [4.69, 9.17) is 0 Å². The number of fused-ring (bicyclic) bond motifs is 10. The van der Waals surface area contributed by atoms with Crippen LogP contribution in [0.5, 0.6) is 0 Å². The third kappa shape index (κ3) is 3.74. The molecule has 0 spiro atoms. The Labute approximate surface area is 273 Å². The molecule has 8 rings (SSSR count). The van der Waals surface area contributed by atoms with Crippen LogP contribution in [0.1, 0.15) is 98.3 Å². The van der Waals surface area contributed by atoms with Crippen LogP contribution in [0.3, 0.4) is 0 Å². The summed E-state index contributed by atoms with van der Waals surface area (Å²) in [6.07, 6.45) is 5.20. The number of aliphatic hydroxyl groups is 8. The molecular weight excluding hydrogens is 584 g/mol. The van der Waals surface area contributed by atoms with Gasteiger partial charge in [-0.25, -0.2) is 0 Å². The molecule has 0 amide bonds. The van der Waals surface area contributed by atoms with Crippen LogP contribution in [-0.4, -0.2) is 89.2 Å². The average molecular weight is 643 g/mol. The van der Waals surface area contributed by atoms with Crippen molar-refractivity contribution >= 4 is 0 Å². The maximum absolute atomic E-state index is 13.4. The topological polar surface area (TPSA) is 162 Å². The smallest absolute Gasteiger partial charge is 0.102 e. The van der Waals surface area contributed by atoms with Crippen molar-refractivity contribution in [1.29, 1.82) is 0 Å². The molecule has 6 saturated carbocycles. The standard InChI is InChI=1S/C38H58O8/c1-34-10-7-20(39)13-19(34)15-26(40)30-23(34)9-12-36(3)25(30)17-29(43)38(36,46)32-31(44)27(41)14-18-5-6-21-22(37(18,32)4)8-11-35(2)24(21)16-28(42)33(35)45/h5,15,20-33,39-46H,6-14,16-17H2,1-4H3/t20?,21-,22-,23-,24+,25+,26?,27?,28?,29?,30-,31?,32?,33?,34+,35+,36+,37+,38?/m1/s1. The van der Waals surface area contributed by atoms with Gasteiger partial charge in [0.15, 0.2) is 0 Å². The maximum Gasteiger partial charge on any atom is 0.102 e. The lowest BCUT2D eigenvalue weighted by molar-refractivity contribution is -0.258. The lowest BCUT2D eigenvalue weighted by Crippen LogP contribution is -2.71. The normalized spacial score (nSPS) is 62.5. The van der Waals surface area contributed by atoms with Gasteiger partial charge >= 0.3 is 0 Å². The highest BCUT2D eigenvalue weighted by molar-refractivity contribution is 5.35. The summed E-state index contributed by atoms with van der Waals surface area (Å²) in [6, 6.07) is 0. The molecule has 8 nitrogen and oxygen atoms in total. The molecule has 8 heteroatoms. The molecule has 0 aliphatic heterocycles. The first-order chi connectivity index (χ1) is 21.5. The van der Waals surface area contributed by atoms with Gasteiger partial charge in [-0.15, -0.1) is 0 Å². The summed E-state index contributed by atoms with van der Waals surface area (Å²) in [4.78, 5) is 0. The summed E-state index contributed by atoms with van der Waals surface area (Å²) >= 11 is 0. The number of allylic oxidation sites excluding steroid dienone is 1. The number of aliphatic hydroxyl groups excluding tert-OH is 7. The Morgan fingerprint density at radius 2 is 1.43 bits per heavy atom. The molecule has 0 aromatic rings. The summed E-state index contributed by atoms with van der Waals surface area (Å²) in [6.45, 7) is 8.62. The van der Waals surface area contributed by atoms with Gasteiger partial charge in [0, 0.05) is 11.3 Å². The van der Waals surface area contributed by atoms with Gasteiger partial charge in [-0.2, -0.15) is 0 Å². The molecule has 8 N–H and O–H groups in total. The second kappa shape index (κ2) is 10.1. The van der Waals surface area contributed by atoms with Crippen molar-refractivity contribution in [1.82, 2.24) is 0 Å². The molecule has 19 atom stereocenters. The maximum atomic E-state index is 13.4. The molecule has 8 aliphatic rings. The summed E-state index contributed by atoms with van der Waals surface area (Å²) in [7, 11) is 0.